The lowest BCUT2D eigenvalue weighted by Crippen LogP contribution is -2.47. The molecule has 0 saturated heterocycles. The Hall–Kier alpha value is -3.35. The Labute approximate surface area is 169 Å². The molecule has 0 unspecified atom stereocenters. The van der Waals surface area contributed by atoms with Crippen LogP contribution in [0.2, 0.25) is 0 Å². The smallest absolute Gasteiger partial charge is 0.279 e. The van der Waals surface area contributed by atoms with Crippen molar-refractivity contribution in [3.05, 3.63) is 58.9 Å². The van der Waals surface area contributed by atoms with Gasteiger partial charge in [0.15, 0.2) is 6.10 Å². The van der Waals surface area contributed by atoms with Gasteiger partial charge in [0.05, 0.1) is 11.0 Å². The number of ether oxygens (including phenoxy) is 1. The molecule has 3 aromatic rings. The zero-order valence-electron chi connectivity index (χ0n) is 16.8. The third-order valence-corrected chi connectivity index (χ3v) is 5.40. The zero-order chi connectivity index (χ0) is 20.5. The van der Waals surface area contributed by atoms with E-state index >= 15 is 0 Å². The van der Waals surface area contributed by atoms with Gasteiger partial charge in [-0.2, -0.15) is 0 Å². The van der Waals surface area contributed by atoms with Crippen molar-refractivity contribution < 1.29 is 14.3 Å². The van der Waals surface area contributed by atoms with Gasteiger partial charge in [-0.05, 0) is 62.6 Å². The molecule has 4 rings (SSSR count). The third-order valence-electron chi connectivity index (χ3n) is 5.40. The van der Waals surface area contributed by atoms with E-state index in [1.54, 1.807) is 13.0 Å². The summed E-state index contributed by atoms with van der Waals surface area (Å²) in [6.07, 6.45) is 1.28. The molecule has 0 radical (unpaired) electrons. The number of carbonyl (C=O) groups is 2. The van der Waals surface area contributed by atoms with E-state index in [0.29, 0.717) is 11.3 Å². The molecule has 0 spiro atoms. The largest absolute Gasteiger partial charge is 0.481 e. The summed E-state index contributed by atoms with van der Waals surface area (Å²) < 4.78 is 7.89. The predicted octanol–water partition coefficient (Wildman–Crippen LogP) is 2.83. The molecule has 29 heavy (non-hydrogen) atoms. The van der Waals surface area contributed by atoms with E-state index in [-0.39, 0.29) is 5.91 Å². The van der Waals surface area contributed by atoms with Gasteiger partial charge in [-0.1, -0.05) is 12.1 Å². The average Bonchev–Trinajstić information content (AvgIpc) is 3.30. The summed E-state index contributed by atoms with van der Waals surface area (Å²) in [6, 6.07) is 11.1. The monoisotopic (exact) mass is 392 g/mol. The van der Waals surface area contributed by atoms with Crippen LogP contribution in [0.15, 0.2) is 36.4 Å². The van der Waals surface area contributed by atoms with Crippen molar-refractivity contribution in [1.29, 1.82) is 0 Å². The second-order valence-corrected chi connectivity index (χ2v) is 7.39. The number of carbonyl (C=O) groups excluding carboxylic acids is 2. The fraction of sp³-hybridized carbons (Fsp3) is 0.318. The first-order valence-electron chi connectivity index (χ1n) is 9.76. The Morgan fingerprint density at radius 1 is 1.17 bits per heavy atom. The van der Waals surface area contributed by atoms with Crippen molar-refractivity contribution in [1.82, 2.24) is 20.4 Å². The molecular formula is C22H24N4O3. The summed E-state index contributed by atoms with van der Waals surface area (Å²) in [5.41, 5.74) is 9.28. The molecule has 0 aliphatic carbocycles. The van der Waals surface area contributed by atoms with E-state index in [9.17, 15) is 9.59 Å². The quantitative estimate of drug-likeness (QED) is 0.669. The van der Waals surface area contributed by atoms with Crippen molar-refractivity contribution in [2.45, 2.75) is 46.3 Å². The molecule has 1 atom stereocenters. The standard InChI is InChI=1S/C22H24N4O3/c1-13-6-4-7-19(14(13)2)29-15(3)21(27)24-25-22(28)16-9-10-17-18(12-16)26-11-5-8-20(26)23-17/h4,6-7,9-10,12,15H,5,8,11H2,1-3H3,(H,24,27)(H,25,28)/t15-/m0/s1. The van der Waals surface area contributed by atoms with Crippen LogP contribution in [0.25, 0.3) is 11.0 Å². The summed E-state index contributed by atoms with van der Waals surface area (Å²) in [4.78, 5) is 29.4. The Kier molecular flexibility index (Phi) is 4.96. The van der Waals surface area contributed by atoms with Gasteiger partial charge >= 0.3 is 0 Å². The highest BCUT2D eigenvalue weighted by Gasteiger charge is 2.19. The SMILES string of the molecule is Cc1cccc(O[C@@H](C)C(=O)NNC(=O)c2ccc3nc4n(c3c2)CCC4)c1C. The highest BCUT2D eigenvalue weighted by atomic mass is 16.5. The Morgan fingerprint density at radius 2 is 2.00 bits per heavy atom. The maximum absolute atomic E-state index is 12.5. The molecule has 1 aliphatic heterocycles. The molecule has 7 heteroatoms. The van der Waals surface area contributed by atoms with Gasteiger partial charge in [0.2, 0.25) is 0 Å². The van der Waals surface area contributed by atoms with Gasteiger partial charge in [-0.15, -0.1) is 0 Å². The second kappa shape index (κ2) is 7.58. The maximum Gasteiger partial charge on any atom is 0.279 e. The van der Waals surface area contributed by atoms with E-state index in [2.05, 4.69) is 20.4 Å². The summed E-state index contributed by atoms with van der Waals surface area (Å²) in [7, 11) is 0. The minimum Gasteiger partial charge on any atom is -0.481 e. The first kappa shape index (κ1) is 19.0. The summed E-state index contributed by atoms with van der Waals surface area (Å²) in [5.74, 6) is 0.903. The Balaban J connectivity index is 1.39. The minimum atomic E-state index is -0.753. The van der Waals surface area contributed by atoms with Crippen LogP contribution in [-0.2, 0) is 17.8 Å². The average molecular weight is 392 g/mol. The van der Waals surface area contributed by atoms with Crippen LogP contribution in [0.3, 0.4) is 0 Å². The third kappa shape index (κ3) is 3.68. The molecule has 0 bridgehead atoms. The van der Waals surface area contributed by atoms with Gasteiger partial charge in [0.1, 0.15) is 11.6 Å². The number of rotatable bonds is 4. The molecule has 0 fully saturated rings. The number of amides is 2. The van der Waals surface area contributed by atoms with Crippen molar-refractivity contribution in [3.63, 3.8) is 0 Å². The Bertz CT molecular complexity index is 1100. The number of fused-ring (bicyclic) bond motifs is 3. The van der Waals surface area contributed by atoms with Crippen LogP contribution in [-0.4, -0.2) is 27.5 Å². The number of hydrazine groups is 1. The van der Waals surface area contributed by atoms with Crippen LogP contribution >= 0.6 is 0 Å². The van der Waals surface area contributed by atoms with E-state index in [4.69, 9.17) is 4.74 Å². The van der Waals surface area contributed by atoms with Gasteiger partial charge in [-0.3, -0.25) is 20.4 Å². The van der Waals surface area contributed by atoms with Crippen LogP contribution in [0.5, 0.6) is 5.75 Å². The van der Waals surface area contributed by atoms with Gasteiger partial charge in [-0.25, -0.2) is 4.98 Å². The highest BCUT2D eigenvalue weighted by molar-refractivity contribution is 5.98. The van der Waals surface area contributed by atoms with Crippen LogP contribution in [0.4, 0.5) is 0 Å². The lowest BCUT2D eigenvalue weighted by atomic mass is 10.1. The maximum atomic E-state index is 12.5. The topological polar surface area (TPSA) is 85.2 Å². The summed E-state index contributed by atoms with van der Waals surface area (Å²) >= 11 is 0. The predicted molar refractivity (Wildman–Crippen MR) is 110 cm³/mol. The molecule has 150 valence electrons. The lowest BCUT2D eigenvalue weighted by molar-refractivity contribution is -0.128. The van der Waals surface area contributed by atoms with Crippen molar-refractivity contribution in [2.75, 3.05) is 0 Å². The molecule has 1 aromatic heterocycles. The van der Waals surface area contributed by atoms with Crippen LogP contribution in [0.1, 0.15) is 40.7 Å². The van der Waals surface area contributed by atoms with E-state index in [1.807, 2.05) is 44.2 Å². The molecule has 2 aromatic carbocycles. The molecular weight excluding hydrogens is 368 g/mol. The summed E-state index contributed by atoms with van der Waals surface area (Å²) in [5, 5.41) is 0. The second-order valence-electron chi connectivity index (χ2n) is 7.39. The molecule has 2 N–H and O–H groups in total. The number of nitrogens with zero attached hydrogens (tertiary/aromatic N) is 2. The number of hydrogen-bond donors (Lipinski definition) is 2. The zero-order valence-corrected chi connectivity index (χ0v) is 16.8. The fourth-order valence-corrected chi connectivity index (χ4v) is 3.54. The highest BCUT2D eigenvalue weighted by Crippen LogP contribution is 2.24. The van der Waals surface area contributed by atoms with Crippen LogP contribution < -0.4 is 15.6 Å². The van der Waals surface area contributed by atoms with Crippen LogP contribution in [0, 0.1) is 13.8 Å². The number of hydrogen-bond acceptors (Lipinski definition) is 4. The number of aryl methyl sites for hydroxylation is 3. The number of nitrogens with one attached hydrogen (secondary N) is 2. The fourth-order valence-electron chi connectivity index (χ4n) is 3.54. The van der Waals surface area contributed by atoms with E-state index in [0.717, 1.165) is 47.4 Å². The number of benzene rings is 2. The minimum absolute atomic E-state index is 0.382. The first-order chi connectivity index (χ1) is 13.9. The van der Waals surface area contributed by atoms with Crippen molar-refractivity contribution in [3.8, 4) is 5.75 Å². The van der Waals surface area contributed by atoms with Gasteiger partial charge in [0.25, 0.3) is 11.8 Å². The van der Waals surface area contributed by atoms with Crippen molar-refractivity contribution in [2.24, 2.45) is 0 Å². The molecule has 7 nitrogen and oxygen atoms in total. The van der Waals surface area contributed by atoms with E-state index < -0.39 is 12.0 Å². The van der Waals surface area contributed by atoms with Gasteiger partial charge < -0.3 is 9.30 Å². The number of imidazole rings is 1. The lowest BCUT2D eigenvalue weighted by Gasteiger charge is -2.17. The molecule has 0 saturated carbocycles. The molecule has 2 amide bonds. The van der Waals surface area contributed by atoms with Crippen molar-refractivity contribution >= 4 is 22.8 Å². The molecule has 2 heterocycles. The van der Waals surface area contributed by atoms with E-state index in [1.165, 1.54) is 0 Å². The Morgan fingerprint density at radius 3 is 2.83 bits per heavy atom. The first-order valence-corrected chi connectivity index (χ1v) is 9.76. The summed E-state index contributed by atoms with van der Waals surface area (Å²) in [6.45, 7) is 6.49. The van der Waals surface area contributed by atoms with Gasteiger partial charge in [0, 0.05) is 18.5 Å². The normalized spacial score (nSPS) is 13.8. The molecule has 1 aliphatic rings. The number of aromatic nitrogens is 2.